The zero-order valence-electron chi connectivity index (χ0n) is 24.5. The monoisotopic (exact) mass is 584 g/mol. The number of carbonyl (C=O) groups is 1. The molecule has 0 aromatic heterocycles. The van der Waals surface area contributed by atoms with E-state index in [1.807, 2.05) is 27.9 Å². The number of aromatic hydroxyl groups is 1. The first-order valence-corrected chi connectivity index (χ1v) is 14.6. The molecule has 5 rings (SSSR count). The van der Waals surface area contributed by atoms with Gasteiger partial charge in [0.15, 0.2) is 23.0 Å². The van der Waals surface area contributed by atoms with E-state index in [0.29, 0.717) is 49.0 Å². The Hall–Kier alpha value is -3.08. The summed E-state index contributed by atoms with van der Waals surface area (Å²) in [7, 11) is 5.64. The number of thiol groups is 1. The van der Waals surface area contributed by atoms with Gasteiger partial charge >= 0.3 is 5.97 Å². The van der Waals surface area contributed by atoms with Crippen LogP contribution in [0.4, 0.5) is 0 Å². The van der Waals surface area contributed by atoms with Gasteiger partial charge in [0.25, 0.3) is 0 Å². The van der Waals surface area contributed by atoms with E-state index in [1.165, 1.54) is 0 Å². The molecule has 0 radical (unpaired) electrons. The third-order valence-corrected chi connectivity index (χ3v) is 8.62. The number of aryl methyl sites for hydroxylation is 1. The lowest BCUT2D eigenvalue weighted by Crippen LogP contribution is -2.51. The first-order valence-electron chi connectivity index (χ1n) is 14.0. The molecule has 2 aromatic carbocycles. The summed E-state index contributed by atoms with van der Waals surface area (Å²) in [4.78, 5) is 17.1. The summed E-state index contributed by atoms with van der Waals surface area (Å²) < 4.78 is 29.8. The van der Waals surface area contributed by atoms with Crippen molar-refractivity contribution in [3.63, 3.8) is 0 Å². The molecule has 3 atom stereocenters. The van der Waals surface area contributed by atoms with E-state index in [1.54, 1.807) is 13.2 Å². The number of esters is 1. The van der Waals surface area contributed by atoms with E-state index >= 15 is 0 Å². The second-order valence-corrected chi connectivity index (χ2v) is 11.4. The Labute approximate surface area is 247 Å². The van der Waals surface area contributed by atoms with Gasteiger partial charge in [-0.05, 0) is 51.9 Å². The lowest BCUT2D eigenvalue weighted by atomic mass is 9.81. The molecule has 0 saturated heterocycles. The largest absolute Gasteiger partial charge is 0.504 e. The Kier molecular flexibility index (Phi) is 8.63. The number of rotatable bonds is 9. The fourth-order valence-corrected chi connectivity index (χ4v) is 6.98. The smallest absolute Gasteiger partial charge is 0.306 e. The quantitative estimate of drug-likeness (QED) is 0.254. The summed E-state index contributed by atoms with van der Waals surface area (Å²) in [6, 6.07) is 1.52. The van der Waals surface area contributed by atoms with Gasteiger partial charge in [0.2, 0.25) is 6.79 Å². The maximum atomic E-state index is 12.6. The molecule has 3 aliphatic rings. The molecule has 0 spiro atoms. The normalized spacial score (nSPS) is 21.0. The van der Waals surface area contributed by atoms with Crippen molar-refractivity contribution in [3.05, 3.63) is 52.1 Å². The molecule has 0 fully saturated rings. The van der Waals surface area contributed by atoms with Gasteiger partial charge in [-0.1, -0.05) is 18.7 Å². The lowest BCUT2D eigenvalue weighted by molar-refractivity contribution is -0.145. The predicted octanol–water partition coefficient (Wildman–Crippen LogP) is 4.30. The van der Waals surface area contributed by atoms with E-state index < -0.39 is 0 Å². The molecular formula is C31H40N2O7S. The topological polar surface area (TPSA) is 89.9 Å². The van der Waals surface area contributed by atoms with Crippen molar-refractivity contribution in [1.82, 2.24) is 9.80 Å². The van der Waals surface area contributed by atoms with Crippen LogP contribution >= 0.6 is 12.6 Å². The molecule has 3 heterocycles. The zero-order valence-corrected chi connectivity index (χ0v) is 25.4. The molecule has 0 bridgehead atoms. The summed E-state index contributed by atoms with van der Waals surface area (Å²) in [5, 5.41) is 11.6. The van der Waals surface area contributed by atoms with Crippen molar-refractivity contribution in [2.24, 2.45) is 0 Å². The molecule has 41 heavy (non-hydrogen) atoms. The van der Waals surface area contributed by atoms with Crippen molar-refractivity contribution in [3.8, 4) is 28.7 Å². The number of hydrogen-bond donors (Lipinski definition) is 2. The number of methoxy groups -OCH3 is 1. The molecule has 10 heteroatoms. The first-order chi connectivity index (χ1) is 19.7. The summed E-state index contributed by atoms with van der Waals surface area (Å²) in [6.07, 6.45) is 3.28. The van der Waals surface area contributed by atoms with Crippen molar-refractivity contribution in [2.75, 3.05) is 53.5 Å². The molecular weight excluding hydrogens is 544 g/mol. The van der Waals surface area contributed by atoms with Gasteiger partial charge in [-0.25, -0.2) is 0 Å². The van der Waals surface area contributed by atoms with Crippen LogP contribution in [0.5, 0.6) is 28.7 Å². The van der Waals surface area contributed by atoms with Crippen LogP contribution in [-0.4, -0.2) is 80.4 Å². The van der Waals surface area contributed by atoms with E-state index in [0.717, 1.165) is 39.1 Å². The van der Waals surface area contributed by atoms with E-state index in [9.17, 15) is 9.90 Å². The number of ether oxygens (including phenoxy) is 5. The average molecular weight is 585 g/mol. The van der Waals surface area contributed by atoms with Crippen molar-refractivity contribution >= 4 is 18.6 Å². The minimum atomic E-state index is -0.323. The highest BCUT2D eigenvalue weighted by Gasteiger charge is 2.47. The number of phenolic OH excluding ortho intramolecular Hbond substituents is 1. The average Bonchev–Trinajstić information content (AvgIpc) is 3.36. The van der Waals surface area contributed by atoms with Crippen LogP contribution in [0.1, 0.15) is 51.9 Å². The standard InChI is InChI=1S/C31H40N2O7S/c1-7-11-37-29-18(3)30-31(40-16-39-30)25-20(29)14-21-26(32(4)5)24-19(13-17(2)28(36-6)27(24)35)8-10-33(21)22(25)15-38-23(34)9-12-41/h7,13,21-22,26,35,41H,1,8-12,14-16H2,2-6H3. The molecule has 0 saturated carbocycles. The molecule has 222 valence electrons. The summed E-state index contributed by atoms with van der Waals surface area (Å²) >= 11 is 4.21. The Bertz CT molecular complexity index is 1340. The fourth-order valence-electron chi connectivity index (χ4n) is 6.80. The predicted molar refractivity (Wildman–Crippen MR) is 159 cm³/mol. The number of fused-ring (bicyclic) bond motifs is 5. The Morgan fingerprint density at radius 1 is 1.24 bits per heavy atom. The van der Waals surface area contributed by atoms with Crippen LogP contribution in [0.15, 0.2) is 18.7 Å². The SMILES string of the molecule is C=CCOc1c(C)c2c(c3c1CC1C(N(C)C)c4c(cc(C)c(OC)c4O)CCN1C3COC(=O)CCS)OCO2. The number of hydrogen-bond acceptors (Lipinski definition) is 10. The highest BCUT2D eigenvalue weighted by molar-refractivity contribution is 7.80. The van der Waals surface area contributed by atoms with Gasteiger partial charge in [-0.3, -0.25) is 9.69 Å². The Morgan fingerprint density at radius 2 is 2.00 bits per heavy atom. The third kappa shape index (κ3) is 5.10. The minimum Gasteiger partial charge on any atom is -0.504 e. The van der Waals surface area contributed by atoms with E-state index in [4.69, 9.17) is 23.7 Å². The molecule has 3 unspecified atom stereocenters. The van der Waals surface area contributed by atoms with Gasteiger partial charge < -0.3 is 33.7 Å². The number of phenols is 1. The molecule has 0 amide bonds. The number of nitrogens with zero attached hydrogens (tertiary/aromatic N) is 2. The maximum absolute atomic E-state index is 12.6. The van der Waals surface area contributed by atoms with Crippen LogP contribution in [0.2, 0.25) is 0 Å². The van der Waals surface area contributed by atoms with Gasteiger partial charge in [-0.15, -0.1) is 0 Å². The van der Waals surface area contributed by atoms with Crippen molar-refractivity contribution in [2.45, 2.75) is 51.2 Å². The fraction of sp³-hybridized carbons (Fsp3) is 0.516. The second-order valence-electron chi connectivity index (χ2n) is 11.0. The summed E-state index contributed by atoms with van der Waals surface area (Å²) in [5.41, 5.74) is 5.63. The zero-order chi connectivity index (χ0) is 29.4. The summed E-state index contributed by atoms with van der Waals surface area (Å²) in [6.45, 7) is 9.05. The highest BCUT2D eigenvalue weighted by atomic mass is 32.1. The van der Waals surface area contributed by atoms with Crippen LogP contribution < -0.4 is 18.9 Å². The number of carbonyl (C=O) groups excluding carboxylic acids is 1. The number of benzene rings is 2. The molecule has 0 aliphatic carbocycles. The van der Waals surface area contributed by atoms with Crippen molar-refractivity contribution in [1.29, 1.82) is 0 Å². The Balaban J connectivity index is 1.72. The molecule has 3 aliphatic heterocycles. The van der Waals surface area contributed by atoms with Gasteiger partial charge in [0.1, 0.15) is 19.0 Å². The second kappa shape index (κ2) is 12.0. The Morgan fingerprint density at radius 3 is 2.68 bits per heavy atom. The molecule has 2 aromatic rings. The van der Waals surface area contributed by atoms with Crippen LogP contribution in [-0.2, 0) is 22.4 Å². The first kappa shape index (κ1) is 29.4. The van der Waals surface area contributed by atoms with Crippen LogP contribution in [0, 0.1) is 13.8 Å². The van der Waals surface area contributed by atoms with Gasteiger partial charge in [-0.2, -0.15) is 12.6 Å². The van der Waals surface area contributed by atoms with Crippen LogP contribution in [0.25, 0.3) is 0 Å². The minimum absolute atomic E-state index is 0.0866. The van der Waals surface area contributed by atoms with Gasteiger partial charge in [0.05, 0.1) is 25.6 Å². The van der Waals surface area contributed by atoms with Crippen LogP contribution in [0.3, 0.4) is 0 Å². The van der Waals surface area contributed by atoms with E-state index in [-0.39, 0.29) is 49.7 Å². The summed E-state index contributed by atoms with van der Waals surface area (Å²) in [5.74, 6) is 2.86. The molecule has 9 nitrogen and oxygen atoms in total. The third-order valence-electron chi connectivity index (χ3n) is 8.40. The molecule has 1 N–H and O–H groups in total. The van der Waals surface area contributed by atoms with E-state index in [2.05, 4.69) is 35.1 Å². The lowest BCUT2D eigenvalue weighted by Gasteiger charge is -2.47. The maximum Gasteiger partial charge on any atom is 0.306 e. The highest BCUT2D eigenvalue weighted by Crippen LogP contribution is 2.55. The number of likely N-dealkylation sites (N-methyl/N-ethyl adjacent to an activating group) is 1. The van der Waals surface area contributed by atoms with Crippen molar-refractivity contribution < 1.29 is 33.6 Å². The van der Waals surface area contributed by atoms with Gasteiger partial charge in [0, 0.05) is 40.6 Å².